The largest absolute Gasteiger partial charge is 0.311 e. The molecule has 1 aliphatic rings. The average molecular weight is 293 g/mol. The van der Waals surface area contributed by atoms with E-state index in [1.165, 1.54) is 0 Å². The van der Waals surface area contributed by atoms with Crippen LogP contribution in [0.3, 0.4) is 0 Å². The zero-order valence-electron chi connectivity index (χ0n) is 13.4. The molecule has 1 aromatic heterocycles. The van der Waals surface area contributed by atoms with Crippen molar-refractivity contribution in [2.75, 3.05) is 45.1 Å². The van der Waals surface area contributed by atoms with Crippen LogP contribution in [0.1, 0.15) is 25.5 Å². The van der Waals surface area contributed by atoms with E-state index in [1.807, 2.05) is 17.7 Å². The van der Waals surface area contributed by atoms with Gasteiger partial charge in [0.05, 0.1) is 5.69 Å². The third-order valence-corrected chi connectivity index (χ3v) is 3.86. The molecule has 21 heavy (non-hydrogen) atoms. The molecule has 118 valence electrons. The molecule has 1 N–H and O–H groups in total. The van der Waals surface area contributed by atoms with E-state index < -0.39 is 0 Å². The topological polar surface area (TPSA) is 53.4 Å². The Morgan fingerprint density at radius 1 is 1.29 bits per heavy atom. The molecular formula is C15H27N5O. The summed E-state index contributed by atoms with van der Waals surface area (Å²) >= 11 is 0. The molecule has 0 spiro atoms. The van der Waals surface area contributed by atoms with Crippen molar-refractivity contribution in [2.45, 2.75) is 33.2 Å². The summed E-state index contributed by atoms with van der Waals surface area (Å²) in [5, 5.41) is 7.39. The molecule has 1 fully saturated rings. The number of hydrogen-bond donors (Lipinski definition) is 1. The van der Waals surface area contributed by atoms with Gasteiger partial charge in [0.2, 0.25) is 5.91 Å². The van der Waals surface area contributed by atoms with Crippen molar-refractivity contribution in [3.63, 3.8) is 0 Å². The van der Waals surface area contributed by atoms with E-state index in [4.69, 9.17) is 0 Å². The van der Waals surface area contributed by atoms with Gasteiger partial charge in [-0.25, -0.2) is 4.68 Å². The standard InChI is InChI=1S/C15H27N5O/c1-4-6-20-14(12-13(2)17-20)16-15(21)5-7-19-10-8-18(3)9-11-19/h12H,4-11H2,1-3H3,(H,16,21). The molecule has 0 unspecified atom stereocenters. The Morgan fingerprint density at radius 3 is 2.67 bits per heavy atom. The summed E-state index contributed by atoms with van der Waals surface area (Å²) in [5.41, 5.74) is 0.942. The third-order valence-electron chi connectivity index (χ3n) is 3.86. The predicted molar refractivity (Wildman–Crippen MR) is 84.4 cm³/mol. The van der Waals surface area contributed by atoms with Crippen molar-refractivity contribution < 1.29 is 4.79 Å². The van der Waals surface area contributed by atoms with Gasteiger partial charge in [0, 0.05) is 51.8 Å². The quantitative estimate of drug-likeness (QED) is 0.856. The zero-order valence-corrected chi connectivity index (χ0v) is 13.4. The molecular weight excluding hydrogens is 266 g/mol. The molecule has 2 rings (SSSR count). The van der Waals surface area contributed by atoms with E-state index >= 15 is 0 Å². The van der Waals surface area contributed by atoms with Crippen LogP contribution < -0.4 is 5.32 Å². The van der Waals surface area contributed by atoms with Crippen LogP contribution in [0.4, 0.5) is 5.82 Å². The lowest BCUT2D eigenvalue weighted by Gasteiger charge is -2.32. The first-order valence-corrected chi connectivity index (χ1v) is 7.83. The lowest BCUT2D eigenvalue weighted by Crippen LogP contribution is -2.45. The normalized spacial score (nSPS) is 17.1. The Hall–Kier alpha value is -1.40. The Bertz CT molecular complexity index is 463. The van der Waals surface area contributed by atoms with Crippen LogP contribution in [0.5, 0.6) is 0 Å². The van der Waals surface area contributed by atoms with Gasteiger partial charge in [-0.05, 0) is 20.4 Å². The summed E-state index contributed by atoms with van der Waals surface area (Å²) in [7, 11) is 2.14. The van der Waals surface area contributed by atoms with Gasteiger partial charge in [0.15, 0.2) is 0 Å². The minimum atomic E-state index is 0.0752. The Kier molecular flexibility index (Phi) is 5.76. The molecule has 1 aromatic rings. The molecule has 0 radical (unpaired) electrons. The number of anilines is 1. The van der Waals surface area contributed by atoms with Crippen LogP contribution in [-0.4, -0.2) is 65.3 Å². The number of nitrogens with one attached hydrogen (secondary N) is 1. The molecule has 0 aromatic carbocycles. The highest BCUT2D eigenvalue weighted by molar-refractivity contribution is 5.90. The second-order valence-corrected chi connectivity index (χ2v) is 5.84. The first kappa shape index (κ1) is 16.0. The summed E-state index contributed by atoms with van der Waals surface area (Å²) in [4.78, 5) is 16.8. The summed E-state index contributed by atoms with van der Waals surface area (Å²) in [6.45, 7) is 10.0. The predicted octanol–water partition coefficient (Wildman–Crippen LogP) is 1.18. The van der Waals surface area contributed by atoms with Crippen LogP contribution >= 0.6 is 0 Å². The minimum Gasteiger partial charge on any atom is -0.311 e. The van der Waals surface area contributed by atoms with Gasteiger partial charge in [-0.2, -0.15) is 5.10 Å². The molecule has 0 saturated carbocycles. The maximum atomic E-state index is 12.1. The van der Waals surface area contributed by atoms with E-state index in [9.17, 15) is 4.79 Å². The molecule has 1 aliphatic heterocycles. The maximum absolute atomic E-state index is 12.1. The smallest absolute Gasteiger partial charge is 0.226 e. The van der Waals surface area contributed by atoms with Gasteiger partial charge in [0.1, 0.15) is 5.82 Å². The Balaban J connectivity index is 1.79. The fourth-order valence-electron chi connectivity index (χ4n) is 2.56. The average Bonchev–Trinajstić information content (AvgIpc) is 2.78. The number of nitrogens with zero attached hydrogens (tertiary/aromatic N) is 4. The zero-order chi connectivity index (χ0) is 15.2. The van der Waals surface area contributed by atoms with E-state index in [1.54, 1.807) is 0 Å². The van der Waals surface area contributed by atoms with Gasteiger partial charge in [0.25, 0.3) is 0 Å². The molecule has 0 bridgehead atoms. The van der Waals surface area contributed by atoms with Crippen molar-refractivity contribution in [1.29, 1.82) is 0 Å². The van der Waals surface area contributed by atoms with Gasteiger partial charge in [-0.1, -0.05) is 6.92 Å². The van der Waals surface area contributed by atoms with Crippen LogP contribution in [0.25, 0.3) is 0 Å². The third kappa shape index (κ3) is 4.82. The fraction of sp³-hybridized carbons (Fsp3) is 0.733. The lowest BCUT2D eigenvalue weighted by molar-refractivity contribution is -0.116. The van der Waals surface area contributed by atoms with E-state index in [0.29, 0.717) is 6.42 Å². The molecule has 2 heterocycles. The van der Waals surface area contributed by atoms with Crippen LogP contribution in [0, 0.1) is 6.92 Å². The van der Waals surface area contributed by atoms with Crippen LogP contribution in [0.2, 0.25) is 0 Å². The van der Waals surface area contributed by atoms with Gasteiger partial charge < -0.3 is 15.1 Å². The number of aryl methyl sites for hydroxylation is 2. The van der Waals surface area contributed by atoms with E-state index in [-0.39, 0.29) is 5.91 Å². The number of amides is 1. The first-order valence-electron chi connectivity index (χ1n) is 7.83. The molecule has 0 atom stereocenters. The highest BCUT2D eigenvalue weighted by Crippen LogP contribution is 2.11. The number of hydrogen-bond acceptors (Lipinski definition) is 4. The van der Waals surface area contributed by atoms with Crippen molar-refractivity contribution in [2.24, 2.45) is 0 Å². The number of aromatic nitrogens is 2. The van der Waals surface area contributed by atoms with Gasteiger partial charge >= 0.3 is 0 Å². The summed E-state index contributed by atoms with van der Waals surface area (Å²) in [6.07, 6.45) is 1.55. The second kappa shape index (κ2) is 7.56. The lowest BCUT2D eigenvalue weighted by atomic mass is 10.3. The van der Waals surface area contributed by atoms with Crippen molar-refractivity contribution in [1.82, 2.24) is 19.6 Å². The summed E-state index contributed by atoms with van der Waals surface area (Å²) in [6, 6.07) is 1.93. The monoisotopic (exact) mass is 293 g/mol. The minimum absolute atomic E-state index is 0.0752. The fourth-order valence-corrected chi connectivity index (χ4v) is 2.56. The molecule has 1 amide bonds. The number of piperazine rings is 1. The van der Waals surface area contributed by atoms with E-state index in [0.717, 1.165) is 57.2 Å². The highest BCUT2D eigenvalue weighted by atomic mass is 16.1. The molecule has 1 saturated heterocycles. The number of likely N-dealkylation sites (N-methyl/N-ethyl adjacent to an activating group) is 1. The van der Waals surface area contributed by atoms with Crippen molar-refractivity contribution in [3.05, 3.63) is 11.8 Å². The molecule has 6 heteroatoms. The van der Waals surface area contributed by atoms with Crippen LogP contribution in [-0.2, 0) is 11.3 Å². The Morgan fingerprint density at radius 2 is 2.00 bits per heavy atom. The number of rotatable bonds is 6. The van der Waals surface area contributed by atoms with E-state index in [2.05, 4.69) is 34.2 Å². The number of carbonyl (C=O) groups is 1. The summed E-state index contributed by atoms with van der Waals surface area (Å²) < 4.78 is 1.88. The van der Waals surface area contributed by atoms with Gasteiger partial charge in [-0.3, -0.25) is 4.79 Å². The van der Waals surface area contributed by atoms with Crippen molar-refractivity contribution >= 4 is 11.7 Å². The second-order valence-electron chi connectivity index (χ2n) is 5.84. The first-order chi connectivity index (χ1) is 10.1. The SMILES string of the molecule is CCCn1nc(C)cc1NC(=O)CCN1CCN(C)CC1. The molecule has 0 aliphatic carbocycles. The molecule has 6 nitrogen and oxygen atoms in total. The van der Waals surface area contributed by atoms with Gasteiger partial charge in [-0.15, -0.1) is 0 Å². The number of carbonyl (C=O) groups excluding carboxylic acids is 1. The Labute approximate surface area is 127 Å². The van der Waals surface area contributed by atoms with Crippen LogP contribution in [0.15, 0.2) is 6.07 Å². The van der Waals surface area contributed by atoms with Crippen molar-refractivity contribution in [3.8, 4) is 0 Å². The summed E-state index contributed by atoms with van der Waals surface area (Å²) in [5.74, 6) is 0.893. The maximum Gasteiger partial charge on any atom is 0.226 e. The highest BCUT2D eigenvalue weighted by Gasteiger charge is 2.15.